The Morgan fingerprint density at radius 3 is 2.35 bits per heavy atom. The molecule has 0 saturated carbocycles. The predicted octanol–water partition coefficient (Wildman–Crippen LogP) is 3.96. The molecule has 0 aromatic heterocycles. The Morgan fingerprint density at radius 1 is 1.00 bits per heavy atom. The lowest BCUT2D eigenvalue weighted by Gasteiger charge is -2.07. The van der Waals surface area contributed by atoms with Crippen LogP contribution in [0, 0.1) is 10.1 Å². The SMILES string of the molecule is CCCCCCCOCCOc1ccc([N+](=O)[O-])cc1. The van der Waals surface area contributed by atoms with Crippen LogP contribution in [0.25, 0.3) is 0 Å². The average Bonchev–Trinajstić information content (AvgIpc) is 2.46. The molecule has 0 unspecified atom stereocenters. The molecule has 0 aliphatic rings. The molecule has 112 valence electrons. The second-order valence-electron chi connectivity index (χ2n) is 4.63. The van der Waals surface area contributed by atoms with Crippen LogP contribution in [0.2, 0.25) is 0 Å². The third-order valence-corrected chi connectivity index (χ3v) is 2.94. The molecule has 1 aromatic rings. The zero-order valence-corrected chi connectivity index (χ0v) is 12.0. The van der Waals surface area contributed by atoms with Crippen molar-refractivity contribution >= 4 is 5.69 Å². The second-order valence-corrected chi connectivity index (χ2v) is 4.63. The fourth-order valence-corrected chi connectivity index (χ4v) is 1.79. The van der Waals surface area contributed by atoms with Gasteiger partial charge in [-0.3, -0.25) is 10.1 Å². The average molecular weight is 281 g/mol. The Hall–Kier alpha value is -1.62. The molecule has 0 aliphatic heterocycles. The maximum absolute atomic E-state index is 10.5. The van der Waals surface area contributed by atoms with Crippen LogP contribution >= 0.6 is 0 Å². The maximum Gasteiger partial charge on any atom is 0.269 e. The molecular formula is C15H23NO4. The van der Waals surface area contributed by atoms with E-state index in [0.717, 1.165) is 13.0 Å². The van der Waals surface area contributed by atoms with Gasteiger partial charge in [0.1, 0.15) is 12.4 Å². The van der Waals surface area contributed by atoms with E-state index in [1.807, 2.05) is 0 Å². The van der Waals surface area contributed by atoms with Crippen molar-refractivity contribution in [2.24, 2.45) is 0 Å². The van der Waals surface area contributed by atoms with Gasteiger partial charge in [-0.2, -0.15) is 0 Å². The number of ether oxygens (including phenoxy) is 2. The highest BCUT2D eigenvalue weighted by Gasteiger charge is 2.03. The van der Waals surface area contributed by atoms with E-state index < -0.39 is 4.92 Å². The number of unbranched alkanes of at least 4 members (excludes halogenated alkanes) is 4. The van der Waals surface area contributed by atoms with Crippen molar-refractivity contribution in [1.82, 2.24) is 0 Å². The van der Waals surface area contributed by atoms with Crippen LogP contribution in [0.1, 0.15) is 39.0 Å². The van der Waals surface area contributed by atoms with E-state index in [-0.39, 0.29) is 5.69 Å². The molecule has 0 N–H and O–H groups in total. The zero-order valence-electron chi connectivity index (χ0n) is 12.0. The summed E-state index contributed by atoms with van der Waals surface area (Å²) in [6.07, 6.45) is 6.14. The molecule has 0 spiro atoms. The highest BCUT2D eigenvalue weighted by atomic mass is 16.6. The van der Waals surface area contributed by atoms with Crippen LogP contribution in [0.4, 0.5) is 5.69 Å². The van der Waals surface area contributed by atoms with Crippen LogP contribution in [0.5, 0.6) is 5.75 Å². The highest BCUT2D eigenvalue weighted by Crippen LogP contribution is 2.17. The van der Waals surface area contributed by atoms with Crippen molar-refractivity contribution in [1.29, 1.82) is 0 Å². The van der Waals surface area contributed by atoms with Crippen LogP contribution in [0.3, 0.4) is 0 Å². The molecule has 0 saturated heterocycles. The summed E-state index contributed by atoms with van der Waals surface area (Å²) in [6.45, 7) is 3.98. The van der Waals surface area contributed by atoms with E-state index in [9.17, 15) is 10.1 Å². The first-order valence-electron chi connectivity index (χ1n) is 7.19. The number of rotatable bonds is 11. The first-order chi connectivity index (χ1) is 9.74. The molecule has 0 fully saturated rings. The molecule has 0 aliphatic carbocycles. The largest absolute Gasteiger partial charge is 0.491 e. The van der Waals surface area contributed by atoms with E-state index in [4.69, 9.17) is 9.47 Å². The standard InChI is InChI=1S/C15H23NO4/c1-2-3-4-5-6-11-19-12-13-20-15-9-7-14(8-10-15)16(17)18/h7-10H,2-6,11-13H2,1H3. The summed E-state index contributed by atoms with van der Waals surface area (Å²) in [5.74, 6) is 0.627. The highest BCUT2D eigenvalue weighted by molar-refractivity contribution is 5.35. The maximum atomic E-state index is 10.5. The molecule has 1 aromatic carbocycles. The smallest absolute Gasteiger partial charge is 0.269 e. The quantitative estimate of drug-likeness (QED) is 0.350. The minimum Gasteiger partial charge on any atom is -0.491 e. The summed E-state index contributed by atoms with van der Waals surface area (Å²) >= 11 is 0. The number of hydrogen-bond acceptors (Lipinski definition) is 4. The van der Waals surface area contributed by atoms with E-state index in [1.54, 1.807) is 12.1 Å². The normalized spacial score (nSPS) is 10.4. The van der Waals surface area contributed by atoms with E-state index in [1.165, 1.54) is 37.8 Å². The lowest BCUT2D eigenvalue weighted by atomic mass is 10.2. The van der Waals surface area contributed by atoms with Crippen LogP contribution < -0.4 is 4.74 Å². The third kappa shape index (κ3) is 7.09. The molecule has 0 amide bonds. The summed E-state index contributed by atoms with van der Waals surface area (Å²) < 4.78 is 10.9. The van der Waals surface area contributed by atoms with Crippen molar-refractivity contribution < 1.29 is 14.4 Å². The number of hydrogen-bond donors (Lipinski definition) is 0. The summed E-state index contributed by atoms with van der Waals surface area (Å²) in [6, 6.07) is 6.07. The second kappa shape index (κ2) is 10.2. The summed E-state index contributed by atoms with van der Waals surface area (Å²) in [5, 5.41) is 10.5. The minimum atomic E-state index is -0.425. The van der Waals surface area contributed by atoms with Gasteiger partial charge in [0.2, 0.25) is 0 Å². The lowest BCUT2D eigenvalue weighted by Crippen LogP contribution is -2.07. The number of nitro benzene ring substituents is 1. The van der Waals surface area contributed by atoms with Gasteiger partial charge < -0.3 is 9.47 Å². The number of nitro groups is 1. The van der Waals surface area contributed by atoms with E-state index in [0.29, 0.717) is 19.0 Å². The molecule has 20 heavy (non-hydrogen) atoms. The van der Waals surface area contributed by atoms with E-state index in [2.05, 4.69) is 6.92 Å². The fourth-order valence-electron chi connectivity index (χ4n) is 1.79. The Balaban J connectivity index is 2.02. The molecule has 0 radical (unpaired) electrons. The lowest BCUT2D eigenvalue weighted by molar-refractivity contribution is -0.384. The summed E-state index contributed by atoms with van der Waals surface area (Å²) in [4.78, 5) is 10.1. The Bertz CT molecular complexity index is 378. The molecule has 0 bridgehead atoms. The van der Waals surface area contributed by atoms with Gasteiger partial charge >= 0.3 is 0 Å². The zero-order chi connectivity index (χ0) is 14.6. The van der Waals surface area contributed by atoms with Gasteiger partial charge in [0.15, 0.2) is 0 Å². The van der Waals surface area contributed by atoms with Crippen molar-refractivity contribution in [2.75, 3.05) is 19.8 Å². The van der Waals surface area contributed by atoms with Crippen molar-refractivity contribution in [3.8, 4) is 5.75 Å². The number of nitrogens with zero attached hydrogens (tertiary/aromatic N) is 1. The number of non-ortho nitro benzene ring substituents is 1. The van der Waals surface area contributed by atoms with Gasteiger partial charge in [0.25, 0.3) is 5.69 Å². The van der Waals surface area contributed by atoms with Gasteiger partial charge in [-0.1, -0.05) is 32.6 Å². The van der Waals surface area contributed by atoms with Crippen molar-refractivity contribution in [2.45, 2.75) is 39.0 Å². The van der Waals surface area contributed by atoms with Gasteiger partial charge in [-0.15, -0.1) is 0 Å². The van der Waals surface area contributed by atoms with E-state index >= 15 is 0 Å². The predicted molar refractivity (Wildman–Crippen MR) is 78.2 cm³/mol. The number of benzene rings is 1. The van der Waals surface area contributed by atoms with Gasteiger partial charge in [0.05, 0.1) is 11.5 Å². The molecule has 0 atom stereocenters. The minimum absolute atomic E-state index is 0.0701. The monoisotopic (exact) mass is 281 g/mol. The molecular weight excluding hydrogens is 258 g/mol. The first kappa shape index (κ1) is 16.4. The Morgan fingerprint density at radius 2 is 1.70 bits per heavy atom. The first-order valence-corrected chi connectivity index (χ1v) is 7.19. The topological polar surface area (TPSA) is 61.6 Å². The molecule has 5 heteroatoms. The Labute approximate surface area is 120 Å². The van der Waals surface area contributed by atoms with Crippen molar-refractivity contribution in [3.63, 3.8) is 0 Å². The summed E-state index contributed by atoms with van der Waals surface area (Å²) in [5.41, 5.74) is 0.0701. The van der Waals surface area contributed by atoms with Crippen LogP contribution in [-0.4, -0.2) is 24.7 Å². The van der Waals surface area contributed by atoms with Crippen LogP contribution in [-0.2, 0) is 4.74 Å². The molecule has 1 rings (SSSR count). The fraction of sp³-hybridized carbons (Fsp3) is 0.600. The van der Waals surface area contributed by atoms with Gasteiger partial charge in [0, 0.05) is 18.7 Å². The van der Waals surface area contributed by atoms with Crippen molar-refractivity contribution in [3.05, 3.63) is 34.4 Å². The summed E-state index contributed by atoms with van der Waals surface area (Å²) in [7, 11) is 0. The molecule has 0 heterocycles. The van der Waals surface area contributed by atoms with Crippen LogP contribution in [0.15, 0.2) is 24.3 Å². The van der Waals surface area contributed by atoms with Gasteiger partial charge in [-0.05, 0) is 18.6 Å². The Kier molecular flexibility index (Phi) is 8.38. The molecule has 5 nitrogen and oxygen atoms in total. The van der Waals surface area contributed by atoms with Gasteiger partial charge in [-0.25, -0.2) is 0 Å². The third-order valence-electron chi connectivity index (χ3n) is 2.94.